The standard InChI is InChI=1S/C15H20N2O4/c16-5-2-6-17-13(18)9-21-15(20)12-7-10-3-1-4-11(8-12)14(10)19/h10-12H,1-4,6-9H2,(H,17,18). The van der Waals surface area contributed by atoms with Crippen LogP contribution in [0.5, 0.6) is 0 Å². The molecule has 0 spiro atoms. The maximum Gasteiger partial charge on any atom is 0.309 e. The van der Waals surface area contributed by atoms with Gasteiger partial charge in [-0.1, -0.05) is 6.42 Å². The summed E-state index contributed by atoms with van der Waals surface area (Å²) in [6.45, 7) is -0.0565. The van der Waals surface area contributed by atoms with Crippen molar-refractivity contribution >= 4 is 17.7 Å². The van der Waals surface area contributed by atoms with Crippen LogP contribution in [0.4, 0.5) is 0 Å². The van der Waals surface area contributed by atoms with Gasteiger partial charge in [0, 0.05) is 18.4 Å². The summed E-state index contributed by atoms with van der Waals surface area (Å²) in [7, 11) is 0. The molecular formula is C15H20N2O4. The molecule has 6 nitrogen and oxygen atoms in total. The molecule has 2 aliphatic carbocycles. The van der Waals surface area contributed by atoms with Gasteiger partial charge in [-0.3, -0.25) is 14.4 Å². The van der Waals surface area contributed by atoms with Crippen LogP contribution in [-0.4, -0.2) is 30.8 Å². The highest BCUT2D eigenvalue weighted by Gasteiger charge is 2.41. The first-order valence-corrected chi connectivity index (χ1v) is 7.45. The molecule has 2 unspecified atom stereocenters. The number of ether oxygens (including phenoxy) is 1. The zero-order valence-corrected chi connectivity index (χ0v) is 12.0. The minimum atomic E-state index is -0.398. The number of fused-ring (bicyclic) bond motifs is 2. The average Bonchev–Trinajstić information content (AvgIpc) is 2.44. The predicted molar refractivity (Wildman–Crippen MR) is 72.8 cm³/mol. The van der Waals surface area contributed by atoms with E-state index in [4.69, 9.17) is 10.00 Å². The third-order valence-electron chi connectivity index (χ3n) is 4.29. The van der Waals surface area contributed by atoms with Gasteiger partial charge in [0.1, 0.15) is 5.78 Å². The monoisotopic (exact) mass is 292 g/mol. The highest BCUT2D eigenvalue weighted by atomic mass is 16.5. The quantitative estimate of drug-likeness (QED) is 0.601. The summed E-state index contributed by atoms with van der Waals surface area (Å²) in [4.78, 5) is 35.4. The lowest BCUT2D eigenvalue weighted by molar-refractivity contribution is -0.156. The number of nitriles is 1. The van der Waals surface area contributed by atoms with Gasteiger partial charge in [-0.2, -0.15) is 5.26 Å². The van der Waals surface area contributed by atoms with Gasteiger partial charge in [0.25, 0.3) is 5.91 Å². The maximum absolute atomic E-state index is 12.0. The first kappa shape index (κ1) is 15.5. The molecule has 0 heterocycles. The highest BCUT2D eigenvalue weighted by molar-refractivity contribution is 5.87. The van der Waals surface area contributed by atoms with E-state index in [1.54, 1.807) is 0 Å². The third kappa shape index (κ3) is 4.03. The van der Waals surface area contributed by atoms with Crippen molar-refractivity contribution in [3.05, 3.63) is 0 Å². The summed E-state index contributed by atoms with van der Waals surface area (Å²) >= 11 is 0. The third-order valence-corrected chi connectivity index (χ3v) is 4.29. The van der Waals surface area contributed by atoms with Crippen molar-refractivity contribution in [2.45, 2.75) is 38.5 Å². The van der Waals surface area contributed by atoms with E-state index in [9.17, 15) is 14.4 Å². The molecule has 2 bridgehead atoms. The molecule has 2 atom stereocenters. The minimum absolute atomic E-state index is 0.000458. The van der Waals surface area contributed by atoms with E-state index >= 15 is 0 Å². The number of hydrogen-bond donors (Lipinski definition) is 1. The van der Waals surface area contributed by atoms with E-state index in [1.165, 1.54) is 0 Å². The van der Waals surface area contributed by atoms with E-state index in [0.717, 1.165) is 19.3 Å². The number of esters is 1. The second-order valence-corrected chi connectivity index (χ2v) is 5.76. The number of hydrogen-bond acceptors (Lipinski definition) is 5. The number of Topliss-reactive ketones (excluding diaryl/α,β-unsaturated/α-hetero) is 1. The van der Waals surface area contributed by atoms with Gasteiger partial charge in [0.15, 0.2) is 6.61 Å². The largest absolute Gasteiger partial charge is 0.455 e. The van der Waals surface area contributed by atoms with Gasteiger partial charge < -0.3 is 10.1 Å². The Morgan fingerprint density at radius 2 is 1.95 bits per heavy atom. The molecule has 1 amide bonds. The van der Waals surface area contributed by atoms with Crippen LogP contribution in [-0.2, 0) is 19.1 Å². The van der Waals surface area contributed by atoms with Crippen LogP contribution < -0.4 is 5.32 Å². The molecule has 0 aromatic rings. The molecule has 0 radical (unpaired) electrons. The van der Waals surface area contributed by atoms with Gasteiger partial charge in [-0.25, -0.2) is 0 Å². The Kier molecular flexibility index (Phi) is 5.32. The number of carbonyl (C=O) groups excluding carboxylic acids is 3. The first-order valence-electron chi connectivity index (χ1n) is 7.45. The molecule has 2 aliphatic rings. The number of carbonyl (C=O) groups is 3. The molecule has 6 heteroatoms. The molecule has 114 valence electrons. The lowest BCUT2D eigenvalue weighted by Crippen LogP contribution is -2.40. The van der Waals surface area contributed by atoms with Gasteiger partial charge in [-0.05, 0) is 25.7 Å². The lowest BCUT2D eigenvalue weighted by Gasteiger charge is -2.36. The summed E-state index contributed by atoms with van der Waals surface area (Å²) in [5.74, 6) is -0.732. The summed E-state index contributed by atoms with van der Waals surface area (Å²) in [5, 5.41) is 10.8. The van der Waals surface area contributed by atoms with Crippen LogP contribution >= 0.6 is 0 Å². The fourth-order valence-electron chi connectivity index (χ4n) is 3.24. The Bertz CT molecular complexity index is 453. The van der Waals surface area contributed by atoms with Crippen molar-refractivity contribution in [1.29, 1.82) is 5.26 Å². The molecule has 0 aromatic heterocycles. The van der Waals surface area contributed by atoms with E-state index in [0.29, 0.717) is 18.6 Å². The Hall–Kier alpha value is -1.90. The molecule has 2 fully saturated rings. The molecule has 0 aliphatic heterocycles. The molecule has 0 saturated heterocycles. The van der Waals surface area contributed by atoms with Gasteiger partial charge in [0.05, 0.1) is 18.4 Å². The molecule has 1 N–H and O–H groups in total. The molecule has 2 rings (SSSR count). The topological polar surface area (TPSA) is 96.3 Å². The van der Waals surface area contributed by atoms with Crippen LogP contribution in [0, 0.1) is 29.1 Å². The molecular weight excluding hydrogens is 272 g/mol. The fourth-order valence-corrected chi connectivity index (χ4v) is 3.24. The van der Waals surface area contributed by atoms with Crippen molar-refractivity contribution in [3.8, 4) is 6.07 Å². The summed E-state index contributed by atoms with van der Waals surface area (Å²) in [6, 6.07) is 1.91. The number of amides is 1. The van der Waals surface area contributed by atoms with Crippen molar-refractivity contribution in [1.82, 2.24) is 5.32 Å². The Morgan fingerprint density at radius 1 is 1.29 bits per heavy atom. The van der Waals surface area contributed by atoms with E-state index < -0.39 is 5.91 Å². The van der Waals surface area contributed by atoms with Crippen molar-refractivity contribution < 1.29 is 19.1 Å². The molecule has 21 heavy (non-hydrogen) atoms. The van der Waals surface area contributed by atoms with E-state index in [1.807, 2.05) is 6.07 Å². The maximum atomic E-state index is 12.0. The predicted octanol–water partition coefficient (Wildman–Crippen LogP) is 0.955. The van der Waals surface area contributed by atoms with Crippen molar-refractivity contribution in [3.63, 3.8) is 0 Å². The van der Waals surface area contributed by atoms with Crippen LogP contribution in [0.1, 0.15) is 38.5 Å². The summed E-state index contributed by atoms with van der Waals surface area (Å²) < 4.78 is 5.03. The van der Waals surface area contributed by atoms with Gasteiger partial charge in [0.2, 0.25) is 0 Å². The normalized spacial score (nSPS) is 27.6. The second-order valence-electron chi connectivity index (χ2n) is 5.76. The first-order chi connectivity index (χ1) is 10.1. The van der Waals surface area contributed by atoms with Crippen LogP contribution in [0.25, 0.3) is 0 Å². The molecule has 0 aromatic carbocycles. The van der Waals surface area contributed by atoms with Gasteiger partial charge >= 0.3 is 5.97 Å². The van der Waals surface area contributed by atoms with Crippen molar-refractivity contribution in [2.75, 3.05) is 13.2 Å². The van der Waals surface area contributed by atoms with Gasteiger partial charge in [-0.15, -0.1) is 0 Å². The van der Waals surface area contributed by atoms with Crippen molar-refractivity contribution in [2.24, 2.45) is 17.8 Å². The number of rotatable bonds is 5. The summed E-state index contributed by atoms with van der Waals surface area (Å²) in [5.41, 5.74) is 0. The Balaban J connectivity index is 1.75. The average molecular weight is 292 g/mol. The fraction of sp³-hybridized carbons (Fsp3) is 0.733. The van der Waals surface area contributed by atoms with Crippen LogP contribution in [0.15, 0.2) is 0 Å². The zero-order valence-electron chi connectivity index (χ0n) is 12.0. The zero-order chi connectivity index (χ0) is 15.2. The number of nitrogens with one attached hydrogen (secondary N) is 1. The van der Waals surface area contributed by atoms with Crippen LogP contribution in [0.2, 0.25) is 0 Å². The van der Waals surface area contributed by atoms with E-state index in [-0.39, 0.29) is 43.3 Å². The Labute approximate surface area is 123 Å². The highest BCUT2D eigenvalue weighted by Crippen LogP contribution is 2.40. The summed E-state index contributed by atoms with van der Waals surface area (Å²) in [6.07, 6.45) is 4.15. The smallest absolute Gasteiger partial charge is 0.309 e. The second kappa shape index (κ2) is 7.21. The molecule has 2 saturated carbocycles. The Morgan fingerprint density at radius 3 is 2.57 bits per heavy atom. The SMILES string of the molecule is N#CCCNC(=O)COC(=O)C1CC2CCCC(C1)C2=O. The van der Waals surface area contributed by atoms with E-state index in [2.05, 4.69) is 5.32 Å². The van der Waals surface area contributed by atoms with Crippen LogP contribution in [0.3, 0.4) is 0 Å². The number of nitrogens with zero attached hydrogens (tertiary/aromatic N) is 1. The number of ketones is 1. The lowest BCUT2D eigenvalue weighted by atomic mass is 9.67. The minimum Gasteiger partial charge on any atom is -0.455 e.